The Morgan fingerprint density at radius 1 is 1.21 bits per heavy atom. The Hall–Kier alpha value is -1.81. The van der Waals surface area contributed by atoms with E-state index >= 15 is 0 Å². The minimum atomic E-state index is -0.792. The molecule has 2 aromatic rings. The van der Waals surface area contributed by atoms with Crippen LogP contribution in [0.25, 0.3) is 0 Å². The number of aliphatic hydroxyl groups excluding tert-OH is 1. The van der Waals surface area contributed by atoms with Crippen molar-refractivity contribution in [2.75, 3.05) is 0 Å². The van der Waals surface area contributed by atoms with E-state index in [4.69, 9.17) is 0 Å². The average molecular weight is 263 g/mol. The van der Waals surface area contributed by atoms with E-state index in [0.29, 0.717) is 5.56 Å². The maximum absolute atomic E-state index is 13.1. The quantitative estimate of drug-likeness (QED) is 0.919. The second-order valence-corrected chi connectivity index (χ2v) is 4.43. The number of nitrogens with zero attached hydrogens (tertiary/aromatic N) is 1. The van der Waals surface area contributed by atoms with E-state index in [1.807, 2.05) is 6.92 Å². The first-order chi connectivity index (χ1) is 9.10. The Kier molecular flexibility index (Phi) is 4.22. The summed E-state index contributed by atoms with van der Waals surface area (Å²) in [7, 11) is 0. The van der Waals surface area contributed by atoms with Gasteiger partial charge in [0.05, 0.1) is 6.10 Å². The van der Waals surface area contributed by atoms with Gasteiger partial charge < -0.3 is 5.11 Å². The average Bonchev–Trinajstić information content (AvgIpc) is 2.37. The summed E-state index contributed by atoms with van der Waals surface area (Å²) in [5.41, 5.74) is 2.12. The molecule has 1 aromatic carbocycles. The Bertz CT molecular complexity index is 552. The van der Waals surface area contributed by atoms with Crippen molar-refractivity contribution in [1.82, 2.24) is 4.98 Å². The van der Waals surface area contributed by atoms with Crippen LogP contribution in [0.15, 0.2) is 36.7 Å². The van der Waals surface area contributed by atoms with Gasteiger partial charge in [-0.3, -0.25) is 4.98 Å². The molecule has 1 unspecified atom stereocenters. The van der Waals surface area contributed by atoms with Gasteiger partial charge in [-0.05, 0) is 41.3 Å². The fourth-order valence-corrected chi connectivity index (χ4v) is 2.12. The van der Waals surface area contributed by atoms with Crippen LogP contribution in [-0.4, -0.2) is 10.1 Å². The standard InChI is InChI=1S/C15H15F2NO/c1-2-11-9-18-4-3-14(11)15(19)7-10-5-12(16)8-13(17)6-10/h3-6,8-9,15,19H,2,7H2,1H3. The molecule has 1 atom stereocenters. The summed E-state index contributed by atoms with van der Waals surface area (Å²) in [5, 5.41) is 10.2. The third-order valence-electron chi connectivity index (χ3n) is 3.03. The number of pyridine rings is 1. The van der Waals surface area contributed by atoms with Crippen molar-refractivity contribution < 1.29 is 13.9 Å². The lowest BCUT2D eigenvalue weighted by Gasteiger charge is -2.14. The van der Waals surface area contributed by atoms with Gasteiger partial charge >= 0.3 is 0 Å². The van der Waals surface area contributed by atoms with Crippen LogP contribution in [0.1, 0.15) is 29.7 Å². The molecule has 2 rings (SSSR count). The smallest absolute Gasteiger partial charge is 0.126 e. The fourth-order valence-electron chi connectivity index (χ4n) is 2.12. The van der Waals surface area contributed by atoms with Crippen LogP contribution in [0.3, 0.4) is 0 Å². The molecule has 4 heteroatoms. The van der Waals surface area contributed by atoms with Gasteiger partial charge in [0.1, 0.15) is 11.6 Å². The number of hydrogen-bond donors (Lipinski definition) is 1. The van der Waals surface area contributed by atoms with Crippen molar-refractivity contribution in [1.29, 1.82) is 0 Å². The van der Waals surface area contributed by atoms with Gasteiger partial charge in [0.15, 0.2) is 0 Å². The highest BCUT2D eigenvalue weighted by Crippen LogP contribution is 2.22. The largest absolute Gasteiger partial charge is 0.388 e. The monoisotopic (exact) mass is 263 g/mol. The summed E-state index contributed by atoms with van der Waals surface area (Å²) in [6.45, 7) is 1.97. The topological polar surface area (TPSA) is 33.1 Å². The second-order valence-electron chi connectivity index (χ2n) is 4.43. The Labute approximate surface area is 110 Å². The van der Waals surface area contributed by atoms with Crippen LogP contribution in [0.2, 0.25) is 0 Å². The molecule has 0 spiro atoms. The molecule has 0 amide bonds. The predicted octanol–water partition coefficient (Wildman–Crippen LogP) is 3.20. The zero-order valence-corrected chi connectivity index (χ0v) is 10.6. The zero-order chi connectivity index (χ0) is 13.8. The molecule has 0 aliphatic carbocycles. The molecule has 1 aromatic heterocycles. The van der Waals surface area contributed by atoms with Crippen LogP contribution in [0.5, 0.6) is 0 Å². The van der Waals surface area contributed by atoms with Gasteiger partial charge in [-0.2, -0.15) is 0 Å². The minimum absolute atomic E-state index is 0.172. The summed E-state index contributed by atoms with van der Waals surface area (Å²) in [6.07, 6.45) is 3.43. The summed E-state index contributed by atoms with van der Waals surface area (Å²) >= 11 is 0. The fraction of sp³-hybridized carbons (Fsp3) is 0.267. The molecular weight excluding hydrogens is 248 g/mol. The van der Waals surface area contributed by atoms with Crippen LogP contribution >= 0.6 is 0 Å². The van der Waals surface area contributed by atoms with Gasteiger partial charge in [-0.1, -0.05) is 6.92 Å². The van der Waals surface area contributed by atoms with E-state index in [9.17, 15) is 13.9 Å². The molecule has 1 N–H and O–H groups in total. The second kappa shape index (κ2) is 5.89. The highest BCUT2D eigenvalue weighted by Gasteiger charge is 2.13. The molecule has 0 saturated carbocycles. The maximum atomic E-state index is 13.1. The lowest BCUT2D eigenvalue weighted by Crippen LogP contribution is -2.06. The maximum Gasteiger partial charge on any atom is 0.126 e. The van der Waals surface area contributed by atoms with E-state index in [-0.39, 0.29) is 6.42 Å². The zero-order valence-electron chi connectivity index (χ0n) is 10.6. The molecular formula is C15H15F2NO. The molecule has 0 radical (unpaired) electrons. The molecule has 0 fully saturated rings. The molecule has 2 nitrogen and oxygen atoms in total. The third kappa shape index (κ3) is 3.35. The van der Waals surface area contributed by atoms with Gasteiger partial charge in [0, 0.05) is 24.9 Å². The lowest BCUT2D eigenvalue weighted by molar-refractivity contribution is 0.177. The Morgan fingerprint density at radius 3 is 2.53 bits per heavy atom. The van der Waals surface area contributed by atoms with Crippen molar-refractivity contribution in [2.24, 2.45) is 0 Å². The van der Waals surface area contributed by atoms with Crippen molar-refractivity contribution in [3.63, 3.8) is 0 Å². The Morgan fingerprint density at radius 2 is 1.89 bits per heavy atom. The minimum Gasteiger partial charge on any atom is -0.388 e. The highest BCUT2D eigenvalue weighted by molar-refractivity contribution is 5.28. The molecule has 0 aliphatic heterocycles. The van der Waals surface area contributed by atoms with Gasteiger partial charge in [0.25, 0.3) is 0 Å². The first-order valence-electron chi connectivity index (χ1n) is 6.16. The van der Waals surface area contributed by atoms with Crippen LogP contribution < -0.4 is 0 Å². The third-order valence-corrected chi connectivity index (χ3v) is 3.03. The van der Waals surface area contributed by atoms with Crippen LogP contribution in [-0.2, 0) is 12.8 Å². The van der Waals surface area contributed by atoms with Crippen molar-refractivity contribution >= 4 is 0 Å². The van der Waals surface area contributed by atoms with E-state index in [2.05, 4.69) is 4.98 Å². The van der Waals surface area contributed by atoms with Crippen molar-refractivity contribution in [3.05, 3.63) is 65.0 Å². The number of rotatable bonds is 4. The summed E-state index contributed by atoms with van der Waals surface area (Å²) < 4.78 is 26.2. The number of hydrogen-bond acceptors (Lipinski definition) is 2. The van der Waals surface area contributed by atoms with Gasteiger partial charge in [0.2, 0.25) is 0 Å². The van der Waals surface area contributed by atoms with Gasteiger partial charge in [-0.15, -0.1) is 0 Å². The molecule has 1 heterocycles. The Balaban J connectivity index is 2.22. The number of benzene rings is 1. The SMILES string of the molecule is CCc1cnccc1C(O)Cc1cc(F)cc(F)c1. The number of halogens is 2. The van der Waals surface area contributed by atoms with E-state index in [0.717, 1.165) is 23.6 Å². The summed E-state index contributed by atoms with van der Waals surface area (Å²) in [6, 6.07) is 5.02. The number of aryl methyl sites for hydroxylation is 1. The molecule has 0 bridgehead atoms. The summed E-state index contributed by atoms with van der Waals surface area (Å²) in [5.74, 6) is -1.26. The molecule has 0 aliphatic rings. The molecule has 0 saturated heterocycles. The van der Waals surface area contributed by atoms with Gasteiger partial charge in [-0.25, -0.2) is 8.78 Å². The highest BCUT2D eigenvalue weighted by atomic mass is 19.1. The number of aromatic nitrogens is 1. The molecule has 100 valence electrons. The van der Waals surface area contributed by atoms with E-state index in [1.165, 1.54) is 12.1 Å². The van der Waals surface area contributed by atoms with Crippen molar-refractivity contribution in [3.8, 4) is 0 Å². The predicted molar refractivity (Wildman–Crippen MR) is 68.6 cm³/mol. The van der Waals surface area contributed by atoms with E-state index < -0.39 is 17.7 Å². The summed E-state index contributed by atoms with van der Waals surface area (Å²) in [4.78, 5) is 4.00. The normalized spacial score (nSPS) is 12.4. The van der Waals surface area contributed by atoms with Crippen molar-refractivity contribution in [2.45, 2.75) is 25.9 Å². The van der Waals surface area contributed by atoms with Crippen LogP contribution in [0, 0.1) is 11.6 Å². The first-order valence-corrected chi connectivity index (χ1v) is 6.16. The van der Waals surface area contributed by atoms with E-state index in [1.54, 1.807) is 18.5 Å². The lowest BCUT2D eigenvalue weighted by atomic mass is 9.97. The first kappa shape index (κ1) is 13.6. The molecule has 19 heavy (non-hydrogen) atoms. The number of aliphatic hydroxyl groups is 1. The van der Waals surface area contributed by atoms with Crippen LogP contribution in [0.4, 0.5) is 8.78 Å².